The van der Waals surface area contributed by atoms with E-state index in [-0.39, 0.29) is 5.56 Å². The molecule has 0 radical (unpaired) electrons. The number of aryl methyl sites for hydroxylation is 4. The van der Waals surface area contributed by atoms with Gasteiger partial charge in [0.15, 0.2) is 0 Å². The molecule has 4 rings (SSSR count). The van der Waals surface area contributed by atoms with Crippen LogP contribution >= 0.6 is 0 Å². The van der Waals surface area contributed by atoms with Crippen LogP contribution in [0.2, 0.25) is 0 Å². The van der Waals surface area contributed by atoms with E-state index in [0.717, 1.165) is 44.6 Å². The first-order chi connectivity index (χ1) is 14.4. The van der Waals surface area contributed by atoms with Crippen molar-refractivity contribution in [3.8, 4) is 17.2 Å². The van der Waals surface area contributed by atoms with Gasteiger partial charge in [-0.25, -0.2) is 5.10 Å². The SMILES string of the molecule is Cc1cc(C)cc(C(C#N)=Cc2c(-c3ccc4c(=O)[nH]nc(C)c4c3)cnn2C)c1. The van der Waals surface area contributed by atoms with E-state index < -0.39 is 0 Å². The number of rotatable bonds is 3. The molecule has 2 aromatic carbocycles. The van der Waals surface area contributed by atoms with Gasteiger partial charge in [-0.2, -0.15) is 15.5 Å². The topological polar surface area (TPSA) is 87.4 Å². The van der Waals surface area contributed by atoms with Crippen LogP contribution in [0.1, 0.15) is 28.1 Å². The lowest BCUT2D eigenvalue weighted by atomic mass is 9.98. The summed E-state index contributed by atoms with van der Waals surface area (Å²) in [7, 11) is 1.85. The van der Waals surface area contributed by atoms with Crippen molar-refractivity contribution < 1.29 is 0 Å². The van der Waals surface area contributed by atoms with Crippen molar-refractivity contribution in [1.82, 2.24) is 20.0 Å². The Morgan fingerprint density at radius 2 is 1.83 bits per heavy atom. The molecular weight excluding hydrogens is 374 g/mol. The summed E-state index contributed by atoms with van der Waals surface area (Å²) in [5.41, 5.74) is 6.83. The van der Waals surface area contributed by atoms with E-state index >= 15 is 0 Å². The fraction of sp³-hybridized carbons (Fsp3) is 0.167. The van der Waals surface area contributed by atoms with E-state index in [1.54, 1.807) is 16.9 Å². The maximum atomic E-state index is 12.1. The number of H-pyrrole nitrogens is 1. The van der Waals surface area contributed by atoms with Crippen LogP contribution in [0.5, 0.6) is 0 Å². The average Bonchev–Trinajstić information content (AvgIpc) is 3.08. The molecule has 1 N–H and O–H groups in total. The molecule has 148 valence electrons. The summed E-state index contributed by atoms with van der Waals surface area (Å²) < 4.78 is 1.75. The van der Waals surface area contributed by atoms with Crippen LogP contribution in [0.15, 0.2) is 47.4 Å². The fourth-order valence-electron chi connectivity index (χ4n) is 3.75. The van der Waals surface area contributed by atoms with Crippen molar-refractivity contribution >= 4 is 22.4 Å². The first-order valence-electron chi connectivity index (χ1n) is 9.59. The average molecular weight is 395 g/mol. The Morgan fingerprint density at radius 1 is 1.10 bits per heavy atom. The minimum Gasteiger partial charge on any atom is -0.268 e. The van der Waals surface area contributed by atoms with Crippen LogP contribution in [-0.2, 0) is 7.05 Å². The highest BCUT2D eigenvalue weighted by Crippen LogP contribution is 2.30. The Bertz CT molecular complexity index is 1400. The molecule has 0 bridgehead atoms. The monoisotopic (exact) mass is 395 g/mol. The molecule has 0 aliphatic heterocycles. The van der Waals surface area contributed by atoms with Crippen molar-refractivity contribution in [3.05, 3.63) is 81.0 Å². The number of allylic oxidation sites excluding steroid dienone is 1. The number of aromatic nitrogens is 4. The van der Waals surface area contributed by atoms with Gasteiger partial charge in [-0.1, -0.05) is 35.4 Å². The number of nitrogens with zero attached hydrogens (tertiary/aromatic N) is 4. The summed E-state index contributed by atoms with van der Waals surface area (Å²) in [6, 6.07) is 14.1. The zero-order valence-electron chi connectivity index (χ0n) is 17.3. The van der Waals surface area contributed by atoms with Gasteiger partial charge in [0.2, 0.25) is 0 Å². The fourth-order valence-corrected chi connectivity index (χ4v) is 3.75. The van der Waals surface area contributed by atoms with Gasteiger partial charge in [0.05, 0.1) is 34.6 Å². The molecule has 0 saturated carbocycles. The van der Waals surface area contributed by atoms with Crippen molar-refractivity contribution in [2.75, 3.05) is 0 Å². The van der Waals surface area contributed by atoms with Gasteiger partial charge in [0.1, 0.15) is 0 Å². The number of hydrogen-bond acceptors (Lipinski definition) is 4. The van der Waals surface area contributed by atoms with E-state index in [2.05, 4.69) is 27.4 Å². The van der Waals surface area contributed by atoms with Crippen LogP contribution in [-0.4, -0.2) is 20.0 Å². The van der Waals surface area contributed by atoms with Gasteiger partial charge in [-0.3, -0.25) is 9.48 Å². The number of nitriles is 1. The molecule has 0 saturated heterocycles. The zero-order valence-corrected chi connectivity index (χ0v) is 17.3. The quantitative estimate of drug-likeness (QED) is 0.524. The lowest BCUT2D eigenvalue weighted by Gasteiger charge is -2.07. The first kappa shape index (κ1) is 19.3. The highest BCUT2D eigenvalue weighted by Gasteiger charge is 2.13. The Hall–Kier alpha value is -3.98. The molecule has 0 aliphatic rings. The van der Waals surface area contributed by atoms with Gasteiger partial charge < -0.3 is 0 Å². The van der Waals surface area contributed by atoms with Crippen LogP contribution in [0.3, 0.4) is 0 Å². The Morgan fingerprint density at radius 3 is 2.53 bits per heavy atom. The maximum absolute atomic E-state index is 12.1. The number of nitrogens with one attached hydrogen (secondary N) is 1. The molecule has 2 aromatic heterocycles. The van der Waals surface area contributed by atoms with E-state index in [1.807, 2.05) is 58.2 Å². The third-order valence-electron chi connectivity index (χ3n) is 5.21. The summed E-state index contributed by atoms with van der Waals surface area (Å²) in [5.74, 6) is 0. The Balaban J connectivity index is 1.89. The molecule has 30 heavy (non-hydrogen) atoms. The van der Waals surface area contributed by atoms with E-state index in [1.165, 1.54) is 0 Å². The second-order valence-electron chi connectivity index (χ2n) is 7.51. The molecule has 0 spiro atoms. The second-order valence-corrected chi connectivity index (χ2v) is 7.51. The minimum atomic E-state index is -0.213. The molecule has 0 aliphatic carbocycles. The third-order valence-corrected chi connectivity index (χ3v) is 5.21. The lowest BCUT2D eigenvalue weighted by Crippen LogP contribution is -2.09. The molecule has 6 nitrogen and oxygen atoms in total. The molecule has 6 heteroatoms. The Kier molecular flexibility index (Phi) is 4.80. The number of fused-ring (bicyclic) bond motifs is 1. The number of hydrogen-bond donors (Lipinski definition) is 1. The molecule has 0 fully saturated rings. The van der Waals surface area contributed by atoms with E-state index in [9.17, 15) is 10.1 Å². The summed E-state index contributed by atoms with van der Waals surface area (Å²) >= 11 is 0. The molecule has 4 aromatic rings. The van der Waals surface area contributed by atoms with Crippen LogP contribution in [0.4, 0.5) is 0 Å². The lowest BCUT2D eigenvalue weighted by molar-refractivity contribution is 0.760. The maximum Gasteiger partial charge on any atom is 0.272 e. The van der Waals surface area contributed by atoms with Crippen molar-refractivity contribution in [3.63, 3.8) is 0 Å². The molecule has 2 heterocycles. The van der Waals surface area contributed by atoms with Gasteiger partial charge >= 0.3 is 0 Å². The third kappa shape index (κ3) is 3.42. The minimum absolute atomic E-state index is 0.213. The predicted molar refractivity (Wildman–Crippen MR) is 119 cm³/mol. The van der Waals surface area contributed by atoms with E-state index in [0.29, 0.717) is 11.0 Å². The highest BCUT2D eigenvalue weighted by molar-refractivity contribution is 5.94. The van der Waals surface area contributed by atoms with Crippen LogP contribution in [0.25, 0.3) is 33.5 Å². The van der Waals surface area contributed by atoms with Gasteiger partial charge in [-0.15, -0.1) is 0 Å². The highest BCUT2D eigenvalue weighted by atomic mass is 16.1. The zero-order chi connectivity index (χ0) is 21.4. The van der Waals surface area contributed by atoms with Gasteiger partial charge in [0.25, 0.3) is 5.56 Å². The summed E-state index contributed by atoms with van der Waals surface area (Å²) in [4.78, 5) is 12.1. The second kappa shape index (κ2) is 7.45. The van der Waals surface area contributed by atoms with Crippen molar-refractivity contribution in [2.24, 2.45) is 7.05 Å². The van der Waals surface area contributed by atoms with Gasteiger partial charge in [-0.05, 0) is 50.1 Å². The van der Waals surface area contributed by atoms with Crippen LogP contribution in [0, 0.1) is 32.1 Å². The molecular formula is C24H21N5O. The smallest absolute Gasteiger partial charge is 0.268 e. The predicted octanol–water partition coefficient (Wildman–Crippen LogP) is 4.31. The summed E-state index contributed by atoms with van der Waals surface area (Å²) in [6.45, 7) is 5.91. The number of benzene rings is 2. The van der Waals surface area contributed by atoms with Crippen LogP contribution < -0.4 is 5.56 Å². The van der Waals surface area contributed by atoms with Gasteiger partial charge in [0, 0.05) is 18.0 Å². The summed E-state index contributed by atoms with van der Waals surface area (Å²) in [5, 5.41) is 22.2. The first-order valence-corrected chi connectivity index (χ1v) is 9.59. The molecule has 0 atom stereocenters. The molecule has 0 amide bonds. The summed E-state index contributed by atoms with van der Waals surface area (Å²) in [6.07, 6.45) is 3.64. The van der Waals surface area contributed by atoms with Crippen molar-refractivity contribution in [1.29, 1.82) is 5.26 Å². The normalized spacial score (nSPS) is 11.6. The Labute approximate surface area is 174 Å². The molecule has 0 unspecified atom stereocenters. The standard InChI is InChI=1S/C24H21N5O/c1-14-7-15(2)9-18(8-14)19(12-25)11-23-22(13-26-29(23)4)17-5-6-20-21(10-17)16(3)27-28-24(20)30/h5-11,13H,1-4H3,(H,28,30). The van der Waals surface area contributed by atoms with Crippen molar-refractivity contribution in [2.45, 2.75) is 20.8 Å². The largest absolute Gasteiger partial charge is 0.272 e. The number of aromatic amines is 1. The van der Waals surface area contributed by atoms with E-state index in [4.69, 9.17) is 0 Å².